The Morgan fingerprint density at radius 1 is 1.39 bits per heavy atom. The lowest BCUT2D eigenvalue weighted by Gasteiger charge is -2.37. The Hall–Kier alpha value is -0.930. The highest BCUT2D eigenvalue weighted by Crippen LogP contribution is 2.37. The summed E-state index contributed by atoms with van der Waals surface area (Å²) in [6.07, 6.45) is 3.64. The van der Waals surface area contributed by atoms with E-state index in [0.29, 0.717) is 12.0 Å². The number of halogens is 1. The second kappa shape index (κ2) is 6.30. The molecule has 0 saturated heterocycles. The number of ether oxygens (including phenoxy) is 1. The molecule has 0 aromatic heterocycles. The van der Waals surface area contributed by atoms with Gasteiger partial charge < -0.3 is 10.1 Å². The SMILES string of the molecule is CCOC1CC(CC(NC)c2ccccc2F)C1. The summed E-state index contributed by atoms with van der Waals surface area (Å²) in [5, 5.41) is 3.22. The minimum atomic E-state index is -0.113. The van der Waals surface area contributed by atoms with Gasteiger partial charge in [-0.05, 0) is 45.2 Å². The first-order valence-electron chi connectivity index (χ1n) is 6.77. The first-order chi connectivity index (χ1) is 8.74. The number of nitrogens with one attached hydrogen (secondary N) is 1. The monoisotopic (exact) mass is 251 g/mol. The first-order valence-corrected chi connectivity index (χ1v) is 6.77. The van der Waals surface area contributed by atoms with Gasteiger partial charge in [0, 0.05) is 18.2 Å². The lowest BCUT2D eigenvalue weighted by Crippen LogP contribution is -2.34. The van der Waals surface area contributed by atoms with Crippen molar-refractivity contribution in [2.45, 2.75) is 38.3 Å². The fraction of sp³-hybridized carbons (Fsp3) is 0.600. The van der Waals surface area contributed by atoms with Crippen LogP contribution < -0.4 is 5.32 Å². The summed E-state index contributed by atoms with van der Waals surface area (Å²) in [6, 6.07) is 7.14. The molecule has 0 spiro atoms. The summed E-state index contributed by atoms with van der Waals surface area (Å²) >= 11 is 0. The van der Waals surface area contributed by atoms with E-state index in [-0.39, 0.29) is 11.9 Å². The van der Waals surface area contributed by atoms with Gasteiger partial charge in [0.15, 0.2) is 0 Å². The second-order valence-electron chi connectivity index (χ2n) is 5.01. The van der Waals surface area contributed by atoms with Crippen molar-refractivity contribution < 1.29 is 9.13 Å². The van der Waals surface area contributed by atoms with Crippen LogP contribution >= 0.6 is 0 Å². The van der Waals surface area contributed by atoms with E-state index in [1.807, 2.05) is 26.1 Å². The van der Waals surface area contributed by atoms with E-state index in [2.05, 4.69) is 5.32 Å². The molecule has 1 N–H and O–H groups in total. The van der Waals surface area contributed by atoms with Gasteiger partial charge in [-0.2, -0.15) is 0 Å². The van der Waals surface area contributed by atoms with Crippen molar-refractivity contribution in [3.8, 4) is 0 Å². The zero-order valence-electron chi connectivity index (χ0n) is 11.2. The molecule has 0 bridgehead atoms. The van der Waals surface area contributed by atoms with Crippen LogP contribution in [0.15, 0.2) is 24.3 Å². The Labute approximate surface area is 109 Å². The van der Waals surface area contributed by atoms with Gasteiger partial charge in [-0.1, -0.05) is 18.2 Å². The van der Waals surface area contributed by atoms with Crippen LogP contribution in [0.1, 0.15) is 37.8 Å². The third kappa shape index (κ3) is 3.09. The number of benzene rings is 1. The zero-order valence-corrected chi connectivity index (χ0v) is 11.2. The molecule has 18 heavy (non-hydrogen) atoms. The van der Waals surface area contributed by atoms with Crippen LogP contribution in [0.4, 0.5) is 4.39 Å². The van der Waals surface area contributed by atoms with Gasteiger partial charge in [0.2, 0.25) is 0 Å². The molecule has 1 saturated carbocycles. The first kappa shape index (κ1) is 13.5. The number of hydrogen-bond acceptors (Lipinski definition) is 2. The number of hydrogen-bond donors (Lipinski definition) is 1. The van der Waals surface area contributed by atoms with Crippen LogP contribution in [0.2, 0.25) is 0 Å². The summed E-state index contributed by atoms with van der Waals surface area (Å²) in [4.78, 5) is 0. The molecule has 0 amide bonds. The smallest absolute Gasteiger partial charge is 0.127 e. The molecule has 1 atom stereocenters. The molecule has 0 radical (unpaired) electrons. The predicted octanol–water partition coefficient (Wildman–Crippen LogP) is 3.29. The summed E-state index contributed by atoms with van der Waals surface area (Å²) in [6.45, 7) is 2.82. The van der Waals surface area contributed by atoms with E-state index >= 15 is 0 Å². The minimum absolute atomic E-state index is 0.110. The maximum atomic E-state index is 13.7. The van der Waals surface area contributed by atoms with Gasteiger partial charge in [-0.3, -0.25) is 0 Å². The molecule has 0 aliphatic heterocycles. The zero-order chi connectivity index (χ0) is 13.0. The molecule has 1 aromatic carbocycles. The van der Waals surface area contributed by atoms with Crippen molar-refractivity contribution in [1.29, 1.82) is 0 Å². The molecule has 2 rings (SSSR count). The van der Waals surface area contributed by atoms with E-state index in [1.54, 1.807) is 6.07 Å². The number of rotatable bonds is 6. The standard InChI is InChI=1S/C15H22FNO/c1-3-18-12-8-11(9-12)10-15(17-2)13-6-4-5-7-14(13)16/h4-7,11-12,15,17H,3,8-10H2,1-2H3. The predicted molar refractivity (Wildman–Crippen MR) is 71.0 cm³/mol. The Morgan fingerprint density at radius 3 is 2.72 bits per heavy atom. The third-order valence-electron chi connectivity index (χ3n) is 3.79. The fourth-order valence-electron chi connectivity index (χ4n) is 2.73. The Kier molecular flexibility index (Phi) is 4.72. The third-order valence-corrected chi connectivity index (χ3v) is 3.79. The van der Waals surface area contributed by atoms with Crippen molar-refractivity contribution in [1.82, 2.24) is 5.32 Å². The molecular formula is C15H22FNO. The van der Waals surface area contributed by atoms with Gasteiger partial charge in [-0.25, -0.2) is 4.39 Å². The molecule has 100 valence electrons. The molecule has 3 heteroatoms. The highest BCUT2D eigenvalue weighted by Gasteiger charge is 2.31. The van der Waals surface area contributed by atoms with Crippen LogP contribution in [0, 0.1) is 11.7 Å². The lowest BCUT2D eigenvalue weighted by molar-refractivity contribution is -0.0290. The fourth-order valence-corrected chi connectivity index (χ4v) is 2.73. The lowest BCUT2D eigenvalue weighted by atomic mass is 9.77. The Bertz CT molecular complexity index is 377. The van der Waals surface area contributed by atoms with Gasteiger partial charge in [-0.15, -0.1) is 0 Å². The van der Waals surface area contributed by atoms with E-state index < -0.39 is 0 Å². The Balaban J connectivity index is 1.89. The highest BCUT2D eigenvalue weighted by molar-refractivity contribution is 5.21. The molecule has 0 heterocycles. The van der Waals surface area contributed by atoms with Crippen LogP contribution in [-0.4, -0.2) is 19.8 Å². The topological polar surface area (TPSA) is 21.3 Å². The van der Waals surface area contributed by atoms with Crippen molar-refractivity contribution in [2.75, 3.05) is 13.7 Å². The minimum Gasteiger partial charge on any atom is -0.378 e. The summed E-state index contributed by atoms with van der Waals surface area (Å²) in [7, 11) is 1.90. The Morgan fingerprint density at radius 2 is 2.11 bits per heavy atom. The van der Waals surface area contributed by atoms with Gasteiger partial charge in [0.25, 0.3) is 0 Å². The largest absolute Gasteiger partial charge is 0.378 e. The molecule has 1 unspecified atom stereocenters. The van der Waals surface area contributed by atoms with Crippen LogP contribution in [0.3, 0.4) is 0 Å². The van der Waals surface area contributed by atoms with Crippen molar-refractivity contribution >= 4 is 0 Å². The molecule has 2 nitrogen and oxygen atoms in total. The normalized spacial score (nSPS) is 24.6. The summed E-state index contributed by atoms with van der Waals surface area (Å²) in [5.74, 6) is 0.538. The molecule has 1 aliphatic carbocycles. The second-order valence-corrected chi connectivity index (χ2v) is 5.01. The van der Waals surface area contributed by atoms with Gasteiger partial charge in [0.1, 0.15) is 5.82 Å². The average molecular weight is 251 g/mol. The molecule has 1 aliphatic rings. The average Bonchev–Trinajstić information content (AvgIpc) is 2.33. The maximum absolute atomic E-state index is 13.7. The quantitative estimate of drug-likeness (QED) is 0.837. The van der Waals surface area contributed by atoms with Crippen molar-refractivity contribution in [3.05, 3.63) is 35.6 Å². The van der Waals surface area contributed by atoms with Crippen molar-refractivity contribution in [2.24, 2.45) is 5.92 Å². The van der Waals surface area contributed by atoms with E-state index in [4.69, 9.17) is 4.74 Å². The van der Waals surface area contributed by atoms with Crippen LogP contribution in [-0.2, 0) is 4.74 Å². The van der Waals surface area contributed by atoms with Crippen LogP contribution in [0.25, 0.3) is 0 Å². The summed E-state index contributed by atoms with van der Waals surface area (Å²) < 4.78 is 19.3. The highest BCUT2D eigenvalue weighted by atomic mass is 19.1. The van der Waals surface area contributed by atoms with E-state index in [1.165, 1.54) is 6.07 Å². The summed E-state index contributed by atoms with van der Waals surface area (Å²) in [5.41, 5.74) is 0.778. The molecular weight excluding hydrogens is 229 g/mol. The van der Waals surface area contributed by atoms with Gasteiger partial charge in [0.05, 0.1) is 6.10 Å². The van der Waals surface area contributed by atoms with E-state index in [0.717, 1.165) is 31.4 Å². The van der Waals surface area contributed by atoms with Crippen molar-refractivity contribution in [3.63, 3.8) is 0 Å². The molecule has 1 fully saturated rings. The van der Waals surface area contributed by atoms with E-state index in [9.17, 15) is 4.39 Å². The maximum Gasteiger partial charge on any atom is 0.127 e. The van der Waals surface area contributed by atoms with Gasteiger partial charge >= 0.3 is 0 Å². The van der Waals surface area contributed by atoms with Crippen LogP contribution in [0.5, 0.6) is 0 Å². The molecule has 1 aromatic rings.